The third kappa shape index (κ3) is 2.82. The van der Waals surface area contributed by atoms with Crippen LogP contribution in [0, 0.1) is 0 Å². The number of benzene rings is 1. The van der Waals surface area contributed by atoms with Crippen LogP contribution in [0.1, 0.15) is 10.4 Å². The van der Waals surface area contributed by atoms with Gasteiger partial charge in [0, 0.05) is 29.8 Å². The maximum atomic E-state index is 11.5. The molecule has 6 heteroatoms. The average Bonchev–Trinajstić information content (AvgIpc) is 2.38. The van der Waals surface area contributed by atoms with Gasteiger partial charge in [-0.15, -0.1) is 0 Å². The van der Waals surface area contributed by atoms with Crippen LogP contribution in [0.3, 0.4) is 0 Å². The highest BCUT2D eigenvalue weighted by molar-refractivity contribution is 9.10. The molecule has 0 radical (unpaired) electrons. The minimum Gasteiger partial charge on any atom is -0.373 e. The summed E-state index contributed by atoms with van der Waals surface area (Å²) < 4.78 is 6.35. The Hall–Kier alpha value is -1.11. The Morgan fingerprint density at radius 2 is 2.33 bits per heavy atom. The SMILES string of the molecule is NCC1CN(c2ccc(Br)cc2C(N)=O)CCO1. The first-order valence-electron chi connectivity index (χ1n) is 5.77. The smallest absolute Gasteiger partial charge is 0.250 e. The number of ether oxygens (including phenoxy) is 1. The van der Waals surface area contributed by atoms with Crippen LogP contribution in [0.25, 0.3) is 0 Å². The lowest BCUT2D eigenvalue weighted by Crippen LogP contribution is -2.46. The number of rotatable bonds is 3. The standard InChI is InChI=1S/C12H16BrN3O2/c13-8-1-2-11(10(5-8)12(15)17)16-3-4-18-9(6-14)7-16/h1-2,5,9H,3-4,6-7,14H2,(H2,15,17). The number of hydrogen-bond donors (Lipinski definition) is 2. The number of carbonyl (C=O) groups excluding carboxylic acids is 1. The summed E-state index contributed by atoms with van der Waals surface area (Å²) in [5.74, 6) is -0.429. The molecule has 4 N–H and O–H groups in total. The zero-order valence-corrected chi connectivity index (χ0v) is 11.5. The summed E-state index contributed by atoms with van der Waals surface area (Å²) in [6.45, 7) is 2.49. The molecule has 1 aliphatic heterocycles. The van der Waals surface area contributed by atoms with Crippen molar-refractivity contribution >= 4 is 27.5 Å². The molecule has 2 rings (SSSR count). The van der Waals surface area contributed by atoms with E-state index in [9.17, 15) is 4.79 Å². The van der Waals surface area contributed by atoms with Crippen molar-refractivity contribution in [2.24, 2.45) is 11.5 Å². The van der Waals surface area contributed by atoms with E-state index in [4.69, 9.17) is 16.2 Å². The molecule has 1 heterocycles. The summed E-state index contributed by atoms with van der Waals surface area (Å²) in [6, 6.07) is 5.53. The largest absolute Gasteiger partial charge is 0.373 e. The summed E-state index contributed by atoms with van der Waals surface area (Å²) in [6.07, 6.45) is 0.00289. The van der Waals surface area contributed by atoms with Gasteiger partial charge in [0.15, 0.2) is 0 Å². The van der Waals surface area contributed by atoms with Crippen molar-refractivity contribution in [3.8, 4) is 0 Å². The quantitative estimate of drug-likeness (QED) is 0.861. The van der Waals surface area contributed by atoms with E-state index >= 15 is 0 Å². The highest BCUT2D eigenvalue weighted by atomic mass is 79.9. The number of primary amides is 1. The van der Waals surface area contributed by atoms with Gasteiger partial charge in [-0.05, 0) is 18.2 Å². The van der Waals surface area contributed by atoms with E-state index < -0.39 is 5.91 Å². The Bertz CT molecular complexity index is 453. The Labute approximate surface area is 114 Å². The Morgan fingerprint density at radius 3 is 3.00 bits per heavy atom. The van der Waals surface area contributed by atoms with Gasteiger partial charge >= 0.3 is 0 Å². The molecule has 0 aromatic heterocycles. The first kappa shape index (κ1) is 13.3. The molecule has 1 atom stereocenters. The number of morpholine rings is 1. The second kappa shape index (κ2) is 5.69. The molecule has 1 aromatic rings. The monoisotopic (exact) mass is 313 g/mol. The average molecular weight is 314 g/mol. The van der Waals surface area contributed by atoms with Gasteiger partial charge in [0.1, 0.15) is 0 Å². The third-order valence-corrected chi connectivity index (χ3v) is 3.46. The van der Waals surface area contributed by atoms with Crippen LogP contribution in [-0.4, -0.2) is 38.3 Å². The van der Waals surface area contributed by atoms with Crippen molar-refractivity contribution in [1.29, 1.82) is 0 Å². The molecule has 0 saturated carbocycles. The topological polar surface area (TPSA) is 81.6 Å². The van der Waals surface area contributed by atoms with E-state index in [0.717, 1.165) is 16.7 Å². The van der Waals surface area contributed by atoms with Crippen LogP contribution in [0.15, 0.2) is 22.7 Å². The van der Waals surface area contributed by atoms with Gasteiger partial charge in [-0.2, -0.15) is 0 Å². The summed E-state index contributed by atoms with van der Waals surface area (Å²) >= 11 is 3.34. The number of anilines is 1. The lowest BCUT2D eigenvalue weighted by Gasteiger charge is -2.34. The normalized spacial score (nSPS) is 19.9. The molecule has 5 nitrogen and oxygen atoms in total. The number of amides is 1. The summed E-state index contributed by atoms with van der Waals surface area (Å²) in [5, 5.41) is 0. The van der Waals surface area contributed by atoms with E-state index in [1.54, 1.807) is 6.07 Å². The minimum absolute atomic E-state index is 0.00289. The van der Waals surface area contributed by atoms with Gasteiger partial charge in [-0.1, -0.05) is 15.9 Å². The molecule has 18 heavy (non-hydrogen) atoms. The number of halogens is 1. The molecule has 1 aromatic carbocycles. The molecular formula is C12H16BrN3O2. The van der Waals surface area contributed by atoms with Crippen LogP contribution >= 0.6 is 15.9 Å². The summed E-state index contributed by atoms with van der Waals surface area (Å²) in [7, 11) is 0. The molecule has 1 amide bonds. The van der Waals surface area contributed by atoms with Crippen LogP contribution in [0.5, 0.6) is 0 Å². The van der Waals surface area contributed by atoms with Crippen molar-refractivity contribution in [3.05, 3.63) is 28.2 Å². The highest BCUT2D eigenvalue weighted by Crippen LogP contribution is 2.25. The number of carbonyl (C=O) groups is 1. The fourth-order valence-corrected chi connectivity index (χ4v) is 2.42. The van der Waals surface area contributed by atoms with Crippen LogP contribution in [-0.2, 0) is 4.74 Å². The molecular weight excluding hydrogens is 298 g/mol. The van der Waals surface area contributed by atoms with E-state index in [-0.39, 0.29) is 6.10 Å². The van der Waals surface area contributed by atoms with E-state index in [1.165, 1.54) is 0 Å². The van der Waals surface area contributed by atoms with Crippen molar-refractivity contribution in [2.75, 3.05) is 31.1 Å². The van der Waals surface area contributed by atoms with Gasteiger partial charge in [0.25, 0.3) is 5.91 Å². The molecule has 0 aliphatic carbocycles. The van der Waals surface area contributed by atoms with Gasteiger partial charge in [-0.25, -0.2) is 0 Å². The number of nitrogens with zero attached hydrogens (tertiary/aromatic N) is 1. The molecule has 98 valence electrons. The van der Waals surface area contributed by atoms with Gasteiger partial charge in [0.2, 0.25) is 0 Å². The first-order chi connectivity index (χ1) is 8.61. The molecule has 1 saturated heterocycles. The van der Waals surface area contributed by atoms with Crippen molar-refractivity contribution in [3.63, 3.8) is 0 Å². The predicted molar refractivity (Wildman–Crippen MR) is 73.7 cm³/mol. The van der Waals surface area contributed by atoms with Gasteiger partial charge in [-0.3, -0.25) is 4.79 Å². The van der Waals surface area contributed by atoms with Crippen molar-refractivity contribution in [1.82, 2.24) is 0 Å². The molecule has 1 fully saturated rings. The van der Waals surface area contributed by atoms with Crippen LogP contribution in [0.4, 0.5) is 5.69 Å². The first-order valence-corrected chi connectivity index (χ1v) is 6.57. The lowest BCUT2D eigenvalue weighted by atomic mass is 10.1. The molecule has 1 unspecified atom stereocenters. The maximum absolute atomic E-state index is 11.5. The fraction of sp³-hybridized carbons (Fsp3) is 0.417. The van der Waals surface area contributed by atoms with Crippen molar-refractivity contribution in [2.45, 2.75) is 6.10 Å². The Balaban J connectivity index is 2.29. The van der Waals surface area contributed by atoms with Crippen molar-refractivity contribution < 1.29 is 9.53 Å². The van der Waals surface area contributed by atoms with E-state index in [2.05, 4.69) is 20.8 Å². The molecule has 0 bridgehead atoms. The van der Waals surface area contributed by atoms with Crippen LogP contribution in [0.2, 0.25) is 0 Å². The summed E-state index contributed by atoms with van der Waals surface area (Å²) in [4.78, 5) is 13.6. The van der Waals surface area contributed by atoms with E-state index in [1.807, 2.05) is 12.1 Å². The second-order valence-electron chi connectivity index (χ2n) is 4.20. The number of nitrogens with two attached hydrogens (primary N) is 2. The summed E-state index contributed by atoms with van der Waals surface area (Å²) in [5.41, 5.74) is 12.4. The van der Waals surface area contributed by atoms with Crippen LogP contribution < -0.4 is 16.4 Å². The predicted octanol–water partition coefficient (Wildman–Crippen LogP) is 0.712. The van der Waals surface area contributed by atoms with Gasteiger partial charge < -0.3 is 21.1 Å². The number of hydrogen-bond acceptors (Lipinski definition) is 4. The van der Waals surface area contributed by atoms with E-state index in [0.29, 0.717) is 25.3 Å². The fourth-order valence-electron chi connectivity index (χ4n) is 2.06. The molecule has 1 aliphatic rings. The zero-order chi connectivity index (χ0) is 13.1. The Morgan fingerprint density at radius 1 is 1.56 bits per heavy atom. The minimum atomic E-state index is -0.429. The van der Waals surface area contributed by atoms with Gasteiger partial charge in [0.05, 0.1) is 18.3 Å². The zero-order valence-electron chi connectivity index (χ0n) is 9.93. The molecule has 0 spiro atoms. The Kier molecular flexibility index (Phi) is 4.21. The second-order valence-corrected chi connectivity index (χ2v) is 5.12. The highest BCUT2D eigenvalue weighted by Gasteiger charge is 2.22. The lowest BCUT2D eigenvalue weighted by molar-refractivity contribution is 0.0465. The maximum Gasteiger partial charge on any atom is 0.250 e. The third-order valence-electron chi connectivity index (χ3n) is 2.97.